The molecule has 0 bridgehead atoms. The molecule has 0 fully saturated rings. The zero-order valence-electron chi connectivity index (χ0n) is 10.1. The summed E-state index contributed by atoms with van der Waals surface area (Å²) < 4.78 is 5.30. The van der Waals surface area contributed by atoms with Gasteiger partial charge in [0, 0.05) is 0 Å². The molecule has 0 N–H and O–H groups in total. The highest BCUT2D eigenvalue weighted by Gasteiger charge is 2.10. The minimum Gasteiger partial charge on any atom is -0.459 e. The van der Waals surface area contributed by atoms with Gasteiger partial charge >= 0.3 is 5.97 Å². The molecular weight excluding hydrogens is 212 g/mol. The standard InChI is InChI=1S/C15H16O2/c1-3-11(2)17-15(16)14-9-8-12-6-4-5-7-13(12)10-14/h4-11H,3H2,1-2H3. The average molecular weight is 228 g/mol. The Balaban J connectivity index is 2.27. The van der Waals surface area contributed by atoms with Crippen molar-refractivity contribution in [1.82, 2.24) is 0 Å². The minimum atomic E-state index is -0.245. The van der Waals surface area contributed by atoms with Gasteiger partial charge in [0.05, 0.1) is 11.7 Å². The van der Waals surface area contributed by atoms with E-state index in [2.05, 4.69) is 0 Å². The van der Waals surface area contributed by atoms with Crippen LogP contribution < -0.4 is 0 Å². The number of esters is 1. The van der Waals surface area contributed by atoms with E-state index in [1.165, 1.54) is 0 Å². The van der Waals surface area contributed by atoms with Crippen molar-refractivity contribution in [1.29, 1.82) is 0 Å². The van der Waals surface area contributed by atoms with E-state index in [1.54, 1.807) is 0 Å². The molecule has 2 rings (SSSR count). The summed E-state index contributed by atoms with van der Waals surface area (Å²) in [6, 6.07) is 13.6. The molecule has 0 aliphatic heterocycles. The van der Waals surface area contributed by atoms with Gasteiger partial charge in [0.25, 0.3) is 0 Å². The Morgan fingerprint density at radius 1 is 1.18 bits per heavy atom. The fourth-order valence-corrected chi connectivity index (χ4v) is 1.65. The highest BCUT2D eigenvalue weighted by molar-refractivity contribution is 5.95. The van der Waals surface area contributed by atoms with Crippen LogP contribution in [0.2, 0.25) is 0 Å². The second-order valence-corrected chi connectivity index (χ2v) is 4.19. The highest BCUT2D eigenvalue weighted by atomic mass is 16.5. The molecule has 0 aliphatic carbocycles. The summed E-state index contributed by atoms with van der Waals surface area (Å²) >= 11 is 0. The Bertz CT molecular complexity index is 531. The summed E-state index contributed by atoms with van der Waals surface area (Å²) in [7, 11) is 0. The van der Waals surface area contributed by atoms with E-state index in [-0.39, 0.29) is 12.1 Å². The van der Waals surface area contributed by atoms with Crippen molar-refractivity contribution in [3.05, 3.63) is 48.0 Å². The molecule has 2 nitrogen and oxygen atoms in total. The van der Waals surface area contributed by atoms with Crippen molar-refractivity contribution in [2.45, 2.75) is 26.4 Å². The first-order chi connectivity index (χ1) is 8.20. The van der Waals surface area contributed by atoms with Crippen molar-refractivity contribution >= 4 is 16.7 Å². The molecule has 0 saturated heterocycles. The molecule has 1 unspecified atom stereocenters. The fraction of sp³-hybridized carbons (Fsp3) is 0.267. The molecule has 2 aromatic rings. The van der Waals surface area contributed by atoms with Gasteiger partial charge in [0.15, 0.2) is 0 Å². The second-order valence-electron chi connectivity index (χ2n) is 4.19. The second kappa shape index (κ2) is 5.00. The number of hydrogen-bond acceptors (Lipinski definition) is 2. The van der Waals surface area contributed by atoms with Crippen LogP contribution in [0.15, 0.2) is 42.5 Å². The summed E-state index contributed by atoms with van der Waals surface area (Å²) in [6.07, 6.45) is 0.799. The van der Waals surface area contributed by atoms with Crippen molar-refractivity contribution in [3.8, 4) is 0 Å². The topological polar surface area (TPSA) is 26.3 Å². The van der Waals surface area contributed by atoms with Crippen LogP contribution in [0.25, 0.3) is 10.8 Å². The quantitative estimate of drug-likeness (QED) is 0.747. The van der Waals surface area contributed by atoms with Gasteiger partial charge in [0.1, 0.15) is 0 Å². The molecule has 0 spiro atoms. The van der Waals surface area contributed by atoms with Crippen LogP contribution in [0.1, 0.15) is 30.6 Å². The zero-order chi connectivity index (χ0) is 12.3. The molecule has 2 heteroatoms. The molecule has 0 aliphatic rings. The molecule has 0 saturated carbocycles. The summed E-state index contributed by atoms with van der Waals surface area (Å²) in [5.74, 6) is -0.245. The van der Waals surface area contributed by atoms with Gasteiger partial charge in [-0.15, -0.1) is 0 Å². The third kappa shape index (κ3) is 2.64. The Kier molecular flexibility index (Phi) is 3.43. The van der Waals surface area contributed by atoms with E-state index in [9.17, 15) is 4.79 Å². The summed E-state index contributed by atoms with van der Waals surface area (Å²) in [5, 5.41) is 2.19. The third-order valence-electron chi connectivity index (χ3n) is 2.87. The van der Waals surface area contributed by atoms with E-state index in [0.717, 1.165) is 17.2 Å². The van der Waals surface area contributed by atoms with Crippen LogP contribution in [0.3, 0.4) is 0 Å². The number of fused-ring (bicyclic) bond motifs is 1. The van der Waals surface area contributed by atoms with Gasteiger partial charge < -0.3 is 4.74 Å². The minimum absolute atomic E-state index is 0.0334. The molecule has 0 aromatic heterocycles. The van der Waals surface area contributed by atoms with Gasteiger partial charge in [-0.25, -0.2) is 4.79 Å². The monoisotopic (exact) mass is 228 g/mol. The van der Waals surface area contributed by atoms with Crippen molar-refractivity contribution in [2.24, 2.45) is 0 Å². The molecule has 0 amide bonds. The molecule has 0 radical (unpaired) electrons. The predicted molar refractivity (Wildman–Crippen MR) is 69.1 cm³/mol. The molecule has 17 heavy (non-hydrogen) atoms. The average Bonchev–Trinajstić information content (AvgIpc) is 2.38. The van der Waals surface area contributed by atoms with E-state index >= 15 is 0 Å². The van der Waals surface area contributed by atoms with Gasteiger partial charge in [-0.05, 0) is 36.2 Å². The first-order valence-corrected chi connectivity index (χ1v) is 5.90. The number of ether oxygens (including phenoxy) is 1. The molecule has 2 aromatic carbocycles. The number of carbonyl (C=O) groups excluding carboxylic acids is 1. The Hall–Kier alpha value is -1.83. The van der Waals surface area contributed by atoms with Gasteiger partial charge in [-0.3, -0.25) is 0 Å². The number of rotatable bonds is 3. The Labute approximate surface area is 101 Å². The lowest BCUT2D eigenvalue weighted by atomic mass is 10.1. The summed E-state index contributed by atoms with van der Waals surface area (Å²) in [5.41, 5.74) is 0.615. The van der Waals surface area contributed by atoms with Crippen molar-refractivity contribution in [2.75, 3.05) is 0 Å². The molecule has 1 atom stereocenters. The zero-order valence-corrected chi connectivity index (χ0v) is 10.1. The summed E-state index contributed by atoms with van der Waals surface area (Å²) in [4.78, 5) is 11.8. The smallest absolute Gasteiger partial charge is 0.338 e. The van der Waals surface area contributed by atoms with Gasteiger partial charge in [-0.1, -0.05) is 37.3 Å². The van der Waals surface area contributed by atoms with Crippen molar-refractivity contribution < 1.29 is 9.53 Å². The first-order valence-electron chi connectivity index (χ1n) is 5.90. The first kappa shape index (κ1) is 11.6. The van der Waals surface area contributed by atoms with E-state index in [1.807, 2.05) is 56.3 Å². The van der Waals surface area contributed by atoms with Crippen LogP contribution in [-0.4, -0.2) is 12.1 Å². The normalized spacial score (nSPS) is 12.4. The fourth-order valence-electron chi connectivity index (χ4n) is 1.65. The van der Waals surface area contributed by atoms with Crippen LogP contribution >= 0.6 is 0 Å². The number of benzene rings is 2. The molecule has 88 valence electrons. The summed E-state index contributed by atoms with van der Waals surface area (Å²) in [6.45, 7) is 3.90. The lowest BCUT2D eigenvalue weighted by Gasteiger charge is -2.11. The maximum absolute atomic E-state index is 11.8. The van der Waals surface area contributed by atoms with E-state index in [4.69, 9.17) is 4.74 Å². The van der Waals surface area contributed by atoms with Crippen molar-refractivity contribution in [3.63, 3.8) is 0 Å². The van der Waals surface area contributed by atoms with Gasteiger partial charge in [0.2, 0.25) is 0 Å². The number of hydrogen-bond donors (Lipinski definition) is 0. The van der Waals surface area contributed by atoms with Crippen LogP contribution in [0.5, 0.6) is 0 Å². The maximum Gasteiger partial charge on any atom is 0.338 e. The van der Waals surface area contributed by atoms with Gasteiger partial charge in [-0.2, -0.15) is 0 Å². The van der Waals surface area contributed by atoms with Crippen LogP contribution in [0, 0.1) is 0 Å². The Morgan fingerprint density at radius 2 is 1.88 bits per heavy atom. The molecular formula is C15H16O2. The number of carbonyl (C=O) groups is 1. The van der Waals surface area contributed by atoms with E-state index < -0.39 is 0 Å². The van der Waals surface area contributed by atoms with Crippen LogP contribution in [0.4, 0.5) is 0 Å². The predicted octanol–water partition coefficient (Wildman–Crippen LogP) is 3.80. The lowest BCUT2D eigenvalue weighted by Crippen LogP contribution is -2.13. The highest BCUT2D eigenvalue weighted by Crippen LogP contribution is 2.16. The third-order valence-corrected chi connectivity index (χ3v) is 2.87. The van der Waals surface area contributed by atoms with Crippen LogP contribution in [-0.2, 0) is 4.74 Å². The largest absolute Gasteiger partial charge is 0.459 e. The Morgan fingerprint density at radius 3 is 2.59 bits per heavy atom. The SMILES string of the molecule is CCC(C)OC(=O)c1ccc2ccccc2c1. The van der Waals surface area contributed by atoms with E-state index in [0.29, 0.717) is 5.56 Å². The lowest BCUT2D eigenvalue weighted by molar-refractivity contribution is 0.0334. The molecule has 0 heterocycles. The maximum atomic E-state index is 11.8.